The van der Waals surface area contributed by atoms with Crippen molar-refractivity contribution in [3.63, 3.8) is 0 Å². The van der Waals surface area contributed by atoms with Crippen LogP contribution in [0.4, 0.5) is 0 Å². The van der Waals surface area contributed by atoms with Gasteiger partial charge in [0.05, 0.1) is 23.9 Å². The van der Waals surface area contributed by atoms with Crippen LogP contribution in [0.15, 0.2) is 26.0 Å². The molecule has 0 atom stereocenters. The molecule has 0 aliphatic carbocycles. The molecule has 0 aliphatic rings. The van der Waals surface area contributed by atoms with Crippen LogP contribution in [-0.2, 0) is 24.8 Å². The zero-order chi connectivity index (χ0) is 21.7. The predicted molar refractivity (Wildman–Crippen MR) is 115 cm³/mol. The summed E-state index contributed by atoms with van der Waals surface area (Å²) in [5.41, 5.74) is 6.54. The summed E-state index contributed by atoms with van der Waals surface area (Å²) < 4.78 is 13.0. The van der Waals surface area contributed by atoms with Gasteiger partial charge in [0.1, 0.15) is 11.2 Å². The van der Waals surface area contributed by atoms with Gasteiger partial charge < -0.3 is 14.2 Å². The molecule has 0 bridgehead atoms. The van der Waals surface area contributed by atoms with Crippen LogP contribution in [0.3, 0.4) is 0 Å². The quantitative estimate of drug-likeness (QED) is 0.521. The molecule has 156 valence electrons. The van der Waals surface area contributed by atoms with Crippen molar-refractivity contribution in [1.29, 1.82) is 0 Å². The van der Waals surface area contributed by atoms with Crippen LogP contribution >= 0.6 is 0 Å². The van der Waals surface area contributed by atoms with E-state index in [1.165, 1.54) is 0 Å². The Morgan fingerprint density at radius 2 is 1.80 bits per heavy atom. The fourth-order valence-corrected chi connectivity index (χ4v) is 4.01. The van der Waals surface area contributed by atoms with E-state index in [4.69, 9.17) is 8.83 Å². The average Bonchev–Trinajstić information content (AvgIpc) is 3.18. The Balaban J connectivity index is 1.67. The largest absolute Gasteiger partial charge is 0.464 e. The maximum absolute atomic E-state index is 12.7. The third-order valence-corrected chi connectivity index (χ3v) is 5.99. The second-order valence-electron chi connectivity index (χ2n) is 7.89. The predicted octanol–water partition coefficient (Wildman–Crippen LogP) is 3.67. The highest BCUT2D eigenvalue weighted by atomic mass is 16.4. The molecule has 4 aromatic rings. The number of hydrogen-bond acceptors (Lipinski definition) is 5. The van der Waals surface area contributed by atoms with E-state index in [1.807, 2.05) is 47.7 Å². The lowest BCUT2D eigenvalue weighted by molar-refractivity contribution is -0.120. The molecule has 0 spiro atoms. The van der Waals surface area contributed by atoms with Crippen LogP contribution in [0.5, 0.6) is 0 Å². The van der Waals surface area contributed by atoms with Gasteiger partial charge in [0.15, 0.2) is 0 Å². The van der Waals surface area contributed by atoms with Gasteiger partial charge in [0.2, 0.25) is 5.91 Å². The minimum absolute atomic E-state index is 0.0378. The van der Waals surface area contributed by atoms with Crippen LogP contribution in [-0.4, -0.2) is 15.7 Å². The molecule has 0 radical (unpaired) electrons. The van der Waals surface area contributed by atoms with Crippen LogP contribution in [0.25, 0.3) is 21.9 Å². The van der Waals surface area contributed by atoms with Crippen LogP contribution in [0.1, 0.15) is 39.2 Å². The Morgan fingerprint density at radius 3 is 2.47 bits per heavy atom. The number of nitrogens with one attached hydrogen (secondary N) is 1. The van der Waals surface area contributed by atoms with E-state index < -0.39 is 5.63 Å². The molecule has 0 saturated carbocycles. The number of fused-ring (bicyclic) bond motifs is 2. The smallest absolute Gasteiger partial charge is 0.340 e. The van der Waals surface area contributed by atoms with Crippen molar-refractivity contribution in [2.75, 3.05) is 0 Å². The Bertz CT molecular complexity index is 1370. The molecule has 1 N–H and O–H groups in total. The van der Waals surface area contributed by atoms with Crippen molar-refractivity contribution in [2.24, 2.45) is 7.05 Å². The van der Waals surface area contributed by atoms with Gasteiger partial charge in [-0.2, -0.15) is 5.10 Å². The van der Waals surface area contributed by atoms with E-state index >= 15 is 0 Å². The number of carbonyl (C=O) groups is 1. The average molecular weight is 407 g/mol. The minimum atomic E-state index is -0.491. The topological polar surface area (TPSA) is 90.3 Å². The van der Waals surface area contributed by atoms with Crippen LogP contribution in [0.2, 0.25) is 0 Å². The molecule has 1 amide bonds. The lowest BCUT2D eigenvalue weighted by atomic mass is 9.99. The van der Waals surface area contributed by atoms with E-state index in [1.54, 1.807) is 10.9 Å². The Labute approximate surface area is 173 Å². The molecular weight excluding hydrogens is 382 g/mol. The van der Waals surface area contributed by atoms with Crippen molar-refractivity contribution in [2.45, 2.75) is 47.6 Å². The highest BCUT2D eigenvalue weighted by Crippen LogP contribution is 2.32. The van der Waals surface area contributed by atoms with Gasteiger partial charge in [-0.25, -0.2) is 4.79 Å². The summed E-state index contributed by atoms with van der Waals surface area (Å²) in [6.45, 7) is 9.96. The molecule has 7 heteroatoms. The van der Waals surface area contributed by atoms with Gasteiger partial charge in [0, 0.05) is 41.2 Å². The Kier molecular flexibility index (Phi) is 4.76. The van der Waals surface area contributed by atoms with Crippen molar-refractivity contribution in [3.8, 4) is 0 Å². The zero-order valence-electron chi connectivity index (χ0n) is 18.1. The molecular formula is C23H25N3O4. The Morgan fingerprint density at radius 1 is 1.07 bits per heavy atom. The molecule has 3 heterocycles. The molecule has 4 rings (SSSR count). The molecule has 30 heavy (non-hydrogen) atoms. The van der Waals surface area contributed by atoms with Gasteiger partial charge in [-0.15, -0.1) is 0 Å². The molecule has 0 unspecified atom stereocenters. The van der Waals surface area contributed by atoms with Crippen molar-refractivity contribution in [1.82, 2.24) is 15.1 Å². The maximum atomic E-state index is 12.7. The number of carbonyl (C=O) groups excluding carboxylic acids is 1. The molecule has 0 aliphatic heterocycles. The number of furan rings is 1. The van der Waals surface area contributed by atoms with Crippen molar-refractivity contribution < 1.29 is 13.6 Å². The minimum Gasteiger partial charge on any atom is -0.464 e. The van der Waals surface area contributed by atoms with Crippen LogP contribution < -0.4 is 10.9 Å². The normalized spacial score (nSPS) is 11.5. The summed E-state index contributed by atoms with van der Waals surface area (Å²) in [6, 6.07) is 1.97. The first-order valence-electron chi connectivity index (χ1n) is 9.88. The SMILES string of the molecule is Cc1nn(C)c(C)c1CNC(=O)Cc1c(C)c2cc3c(C)coc3c(C)c2oc1=O. The van der Waals surface area contributed by atoms with E-state index in [0.29, 0.717) is 17.7 Å². The lowest BCUT2D eigenvalue weighted by Crippen LogP contribution is -2.27. The molecule has 0 fully saturated rings. The lowest BCUT2D eigenvalue weighted by Gasteiger charge is -2.11. The highest BCUT2D eigenvalue weighted by molar-refractivity contribution is 6.00. The number of hydrogen-bond donors (Lipinski definition) is 1. The van der Waals surface area contributed by atoms with Crippen molar-refractivity contribution in [3.05, 3.63) is 62.0 Å². The van der Waals surface area contributed by atoms with Gasteiger partial charge in [0.25, 0.3) is 0 Å². The number of benzene rings is 1. The first kappa shape index (κ1) is 19.9. The number of nitrogens with zero attached hydrogens (tertiary/aromatic N) is 2. The monoisotopic (exact) mass is 407 g/mol. The highest BCUT2D eigenvalue weighted by Gasteiger charge is 2.19. The van der Waals surface area contributed by atoms with Gasteiger partial charge >= 0.3 is 5.63 Å². The number of aromatic nitrogens is 2. The Hall–Kier alpha value is -3.35. The van der Waals surface area contributed by atoms with E-state index in [-0.39, 0.29) is 12.3 Å². The van der Waals surface area contributed by atoms with E-state index in [0.717, 1.165) is 50.0 Å². The van der Waals surface area contributed by atoms with E-state index in [2.05, 4.69) is 10.4 Å². The maximum Gasteiger partial charge on any atom is 0.340 e. The summed E-state index contributed by atoms with van der Waals surface area (Å²) in [5.74, 6) is -0.232. The number of amides is 1. The van der Waals surface area contributed by atoms with Gasteiger partial charge in [-0.05, 0) is 51.8 Å². The standard InChI is InChI=1S/C23H25N3O4/c1-11-10-29-21-13(3)22-17(7-16(11)21)12(2)18(23(28)30-22)8-20(27)24-9-19-14(4)25-26(6)15(19)5/h7,10H,8-9H2,1-6H3,(H,24,27). The fourth-order valence-electron chi connectivity index (χ4n) is 4.01. The molecule has 1 aromatic carbocycles. The first-order valence-corrected chi connectivity index (χ1v) is 9.88. The third-order valence-electron chi connectivity index (χ3n) is 5.99. The first-order chi connectivity index (χ1) is 14.2. The summed E-state index contributed by atoms with van der Waals surface area (Å²) >= 11 is 0. The van der Waals surface area contributed by atoms with Crippen molar-refractivity contribution >= 4 is 27.8 Å². The summed E-state index contributed by atoms with van der Waals surface area (Å²) in [6.07, 6.45) is 1.66. The number of aryl methyl sites for hydroxylation is 5. The third kappa shape index (κ3) is 3.10. The molecule has 0 saturated heterocycles. The summed E-state index contributed by atoms with van der Waals surface area (Å²) in [5, 5.41) is 9.07. The molecule has 3 aromatic heterocycles. The van der Waals surface area contributed by atoms with Gasteiger partial charge in [-0.3, -0.25) is 9.48 Å². The van der Waals surface area contributed by atoms with Gasteiger partial charge in [-0.1, -0.05) is 0 Å². The fraction of sp³-hybridized carbons (Fsp3) is 0.348. The number of rotatable bonds is 4. The zero-order valence-corrected chi connectivity index (χ0v) is 18.1. The van der Waals surface area contributed by atoms with Crippen LogP contribution in [0, 0.1) is 34.6 Å². The summed E-state index contributed by atoms with van der Waals surface area (Å²) in [4.78, 5) is 25.3. The second kappa shape index (κ2) is 7.16. The summed E-state index contributed by atoms with van der Waals surface area (Å²) in [7, 11) is 1.87. The molecule has 7 nitrogen and oxygen atoms in total. The van der Waals surface area contributed by atoms with E-state index in [9.17, 15) is 9.59 Å². The second-order valence-corrected chi connectivity index (χ2v) is 7.89.